The predicted octanol–water partition coefficient (Wildman–Crippen LogP) is 3.71. The topological polar surface area (TPSA) is 23.8 Å². The van der Waals surface area contributed by atoms with Gasteiger partial charge in [-0.3, -0.25) is 0 Å². The molecule has 70 valence electrons. The second kappa shape index (κ2) is 3.83. The van der Waals surface area contributed by atoms with Crippen molar-refractivity contribution in [3.63, 3.8) is 0 Å². The Kier molecular flexibility index (Phi) is 2.70. The van der Waals surface area contributed by atoms with Crippen molar-refractivity contribution in [2.75, 3.05) is 0 Å². The lowest BCUT2D eigenvalue weighted by molar-refractivity contribution is 0.639. The maximum atomic E-state index is 13.4. The van der Waals surface area contributed by atoms with Gasteiger partial charge in [0.1, 0.15) is 5.82 Å². The minimum Gasteiger partial charge on any atom is -0.206 e. The molecule has 0 aliphatic rings. The van der Waals surface area contributed by atoms with Gasteiger partial charge in [-0.15, -0.1) is 11.3 Å². The van der Waals surface area contributed by atoms with Gasteiger partial charge in [-0.05, 0) is 34.7 Å². The van der Waals surface area contributed by atoms with Crippen molar-refractivity contribution in [1.29, 1.82) is 5.26 Å². The third-order valence-electron chi connectivity index (χ3n) is 1.91. The minimum atomic E-state index is -0.202. The zero-order chi connectivity index (χ0) is 10.1. The van der Waals surface area contributed by atoms with E-state index in [1.54, 1.807) is 6.07 Å². The first-order valence-corrected chi connectivity index (χ1v) is 5.86. The zero-order valence-electron chi connectivity index (χ0n) is 7.05. The molecule has 2 rings (SSSR count). The Morgan fingerprint density at radius 1 is 1.50 bits per heavy atom. The summed E-state index contributed by atoms with van der Waals surface area (Å²) in [6.07, 6.45) is 0.358. The lowest BCUT2D eigenvalue weighted by Crippen LogP contribution is -1.80. The molecule has 1 heterocycles. The van der Waals surface area contributed by atoms with Crippen LogP contribution >= 0.6 is 33.9 Å². The molecule has 0 bridgehead atoms. The van der Waals surface area contributed by atoms with Crippen molar-refractivity contribution in [2.45, 2.75) is 6.42 Å². The van der Waals surface area contributed by atoms with E-state index < -0.39 is 0 Å². The second-order valence-corrected chi connectivity index (χ2v) is 5.00. The first kappa shape index (κ1) is 9.87. The normalized spacial score (nSPS) is 10.4. The van der Waals surface area contributed by atoms with Crippen LogP contribution in [0.4, 0.5) is 4.39 Å². The Balaban J connectivity index is 2.75. The van der Waals surface area contributed by atoms with Crippen LogP contribution in [0.15, 0.2) is 18.2 Å². The van der Waals surface area contributed by atoms with E-state index in [9.17, 15) is 4.39 Å². The van der Waals surface area contributed by atoms with Crippen LogP contribution < -0.4 is 0 Å². The van der Waals surface area contributed by atoms with Gasteiger partial charge >= 0.3 is 0 Å². The van der Waals surface area contributed by atoms with E-state index in [2.05, 4.69) is 28.7 Å². The van der Waals surface area contributed by atoms with E-state index in [0.29, 0.717) is 11.8 Å². The van der Waals surface area contributed by atoms with E-state index in [-0.39, 0.29) is 5.82 Å². The van der Waals surface area contributed by atoms with Gasteiger partial charge in [0.15, 0.2) is 0 Å². The molecule has 0 saturated carbocycles. The van der Waals surface area contributed by atoms with Crippen LogP contribution in [0, 0.1) is 20.7 Å². The Labute approximate surface area is 98.3 Å². The van der Waals surface area contributed by atoms with E-state index >= 15 is 0 Å². The summed E-state index contributed by atoms with van der Waals surface area (Å²) < 4.78 is 15.2. The summed E-state index contributed by atoms with van der Waals surface area (Å²) >= 11 is 3.59. The smallest absolute Gasteiger partial charge is 0.132 e. The maximum Gasteiger partial charge on any atom is 0.132 e. The number of rotatable bonds is 1. The molecule has 0 saturated heterocycles. The fourth-order valence-corrected chi connectivity index (χ4v) is 3.60. The fourth-order valence-electron chi connectivity index (χ4n) is 1.30. The van der Waals surface area contributed by atoms with Gasteiger partial charge in [0.2, 0.25) is 0 Å². The van der Waals surface area contributed by atoms with Crippen molar-refractivity contribution in [3.05, 3.63) is 32.5 Å². The Morgan fingerprint density at radius 2 is 2.29 bits per heavy atom. The third kappa shape index (κ3) is 1.51. The highest BCUT2D eigenvalue weighted by Crippen LogP contribution is 2.34. The molecular weight excluding hydrogens is 312 g/mol. The molecule has 0 fully saturated rings. The highest BCUT2D eigenvalue weighted by molar-refractivity contribution is 14.1. The van der Waals surface area contributed by atoms with E-state index in [1.165, 1.54) is 17.4 Å². The summed E-state index contributed by atoms with van der Waals surface area (Å²) in [7, 11) is 0. The molecule has 0 atom stereocenters. The van der Waals surface area contributed by atoms with Gasteiger partial charge in [0, 0.05) is 18.5 Å². The van der Waals surface area contributed by atoms with Crippen molar-refractivity contribution in [2.24, 2.45) is 0 Å². The number of hydrogen-bond acceptors (Lipinski definition) is 2. The molecule has 1 aromatic carbocycles. The largest absolute Gasteiger partial charge is 0.206 e. The summed E-state index contributed by atoms with van der Waals surface area (Å²) in [5.74, 6) is -0.202. The van der Waals surface area contributed by atoms with Crippen LogP contribution in [0.3, 0.4) is 0 Å². The highest BCUT2D eigenvalue weighted by atomic mass is 127. The number of hydrogen-bond donors (Lipinski definition) is 0. The van der Waals surface area contributed by atoms with Crippen LogP contribution in [0.5, 0.6) is 0 Å². The average molecular weight is 317 g/mol. The Hall–Kier alpha value is -0.670. The molecule has 0 aliphatic heterocycles. The molecule has 0 aliphatic carbocycles. The Bertz CT molecular complexity index is 527. The second-order valence-electron chi connectivity index (χ2n) is 2.79. The van der Waals surface area contributed by atoms with Crippen molar-refractivity contribution in [1.82, 2.24) is 0 Å². The molecule has 1 nitrogen and oxygen atoms in total. The predicted molar refractivity (Wildman–Crippen MR) is 63.8 cm³/mol. The van der Waals surface area contributed by atoms with Gasteiger partial charge in [-0.25, -0.2) is 4.39 Å². The van der Waals surface area contributed by atoms with Crippen LogP contribution in [-0.4, -0.2) is 0 Å². The number of nitrogens with zero attached hydrogens (tertiary/aromatic N) is 1. The van der Waals surface area contributed by atoms with Crippen LogP contribution in [0.1, 0.15) is 4.88 Å². The number of halogens is 2. The lowest BCUT2D eigenvalue weighted by Gasteiger charge is -1.92. The maximum absolute atomic E-state index is 13.4. The lowest BCUT2D eigenvalue weighted by atomic mass is 10.2. The van der Waals surface area contributed by atoms with Crippen LogP contribution in [0.2, 0.25) is 0 Å². The quantitative estimate of drug-likeness (QED) is 0.736. The summed E-state index contributed by atoms with van der Waals surface area (Å²) in [6.45, 7) is 0. The number of thiophene rings is 1. The summed E-state index contributed by atoms with van der Waals surface area (Å²) in [4.78, 5) is 0.952. The molecule has 0 N–H and O–H groups in total. The first-order valence-electron chi connectivity index (χ1n) is 3.96. The molecule has 0 radical (unpaired) electrons. The molecule has 2 aromatic rings. The van der Waals surface area contributed by atoms with Crippen LogP contribution in [0.25, 0.3) is 10.1 Å². The van der Waals surface area contributed by atoms with Gasteiger partial charge in [-0.1, -0.05) is 6.07 Å². The number of fused-ring (bicyclic) bond motifs is 1. The van der Waals surface area contributed by atoms with E-state index in [0.717, 1.165) is 13.1 Å². The van der Waals surface area contributed by atoms with Crippen LogP contribution in [-0.2, 0) is 6.42 Å². The zero-order valence-corrected chi connectivity index (χ0v) is 10.0. The van der Waals surface area contributed by atoms with Gasteiger partial charge in [-0.2, -0.15) is 5.26 Å². The Morgan fingerprint density at radius 3 is 2.93 bits per heavy atom. The minimum absolute atomic E-state index is 0.202. The van der Waals surface area contributed by atoms with E-state index in [4.69, 9.17) is 5.26 Å². The molecule has 0 unspecified atom stereocenters. The van der Waals surface area contributed by atoms with Gasteiger partial charge < -0.3 is 0 Å². The summed E-state index contributed by atoms with van der Waals surface area (Å²) in [6, 6.07) is 7.12. The number of benzene rings is 1. The SMILES string of the molecule is N#CCc1sc2cccc(F)c2c1I. The molecule has 14 heavy (non-hydrogen) atoms. The molecule has 0 amide bonds. The summed E-state index contributed by atoms with van der Waals surface area (Å²) in [5.41, 5.74) is 0. The first-order chi connectivity index (χ1) is 6.74. The third-order valence-corrected chi connectivity index (χ3v) is 4.62. The number of nitriles is 1. The van der Waals surface area contributed by atoms with Gasteiger partial charge in [0.25, 0.3) is 0 Å². The molecule has 0 spiro atoms. The molecule has 1 aromatic heterocycles. The fraction of sp³-hybridized carbons (Fsp3) is 0.100. The summed E-state index contributed by atoms with van der Waals surface area (Å²) in [5, 5.41) is 9.25. The monoisotopic (exact) mass is 317 g/mol. The van der Waals surface area contributed by atoms with Crippen molar-refractivity contribution >= 4 is 44.0 Å². The van der Waals surface area contributed by atoms with E-state index in [1.807, 2.05) is 6.07 Å². The highest BCUT2D eigenvalue weighted by Gasteiger charge is 2.12. The van der Waals surface area contributed by atoms with Gasteiger partial charge in [0.05, 0.1) is 12.5 Å². The van der Waals surface area contributed by atoms with Crippen molar-refractivity contribution in [3.8, 4) is 6.07 Å². The molecular formula is C10H5FINS. The van der Waals surface area contributed by atoms with Crippen molar-refractivity contribution < 1.29 is 4.39 Å². The standard InChI is InChI=1S/C10H5FINS/c11-6-2-1-3-7-9(6)10(12)8(14-7)4-5-13/h1-3H,4H2. The average Bonchev–Trinajstić information content (AvgIpc) is 2.46. The molecule has 4 heteroatoms.